The molecule has 0 aliphatic carbocycles. The Kier molecular flexibility index (Phi) is 4.69. The van der Waals surface area contributed by atoms with E-state index in [2.05, 4.69) is 20.6 Å². The first kappa shape index (κ1) is 18.7. The summed E-state index contributed by atoms with van der Waals surface area (Å²) in [4.78, 5) is 13.7. The summed E-state index contributed by atoms with van der Waals surface area (Å²) >= 11 is 7.74. The van der Waals surface area contributed by atoms with Gasteiger partial charge in [-0.1, -0.05) is 66.3 Å². The lowest BCUT2D eigenvalue weighted by Crippen LogP contribution is -2.12. The van der Waals surface area contributed by atoms with E-state index in [0.29, 0.717) is 16.3 Å². The van der Waals surface area contributed by atoms with Gasteiger partial charge in [0.05, 0.1) is 0 Å². The SMILES string of the molecule is CCc1nnc2sc(-c3cccc(NC(=O)c4cccc5c(Cl)cccc45)c3)nn12. The van der Waals surface area contributed by atoms with E-state index in [-0.39, 0.29) is 5.91 Å². The second-order valence-corrected chi connectivity index (χ2v) is 8.11. The number of fused-ring (bicyclic) bond motifs is 2. The molecular weight excluding hydrogens is 418 g/mol. The first-order valence-electron chi connectivity index (χ1n) is 9.44. The molecule has 5 aromatic rings. The Labute approximate surface area is 181 Å². The van der Waals surface area contributed by atoms with Crippen LogP contribution in [0, 0.1) is 0 Å². The Morgan fingerprint density at radius 2 is 1.87 bits per heavy atom. The Balaban J connectivity index is 1.47. The van der Waals surface area contributed by atoms with Crippen molar-refractivity contribution in [3.63, 3.8) is 0 Å². The van der Waals surface area contributed by atoms with Crippen molar-refractivity contribution in [2.24, 2.45) is 0 Å². The third-order valence-electron chi connectivity index (χ3n) is 4.85. The fourth-order valence-electron chi connectivity index (χ4n) is 3.39. The van der Waals surface area contributed by atoms with Crippen LogP contribution in [0.25, 0.3) is 26.3 Å². The molecule has 2 heterocycles. The molecule has 0 saturated heterocycles. The minimum atomic E-state index is -0.188. The van der Waals surface area contributed by atoms with Crippen LogP contribution in [0.3, 0.4) is 0 Å². The second-order valence-electron chi connectivity index (χ2n) is 6.75. The molecule has 1 N–H and O–H groups in total. The van der Waals surface area contributed by atoms with Crippen LogP contribution >= 0.6 is 22.9 Å². The number of amides is 1. The Morgan fingerprint density at radius 1 is 1.07 bits per heavy atom. The molecule has 0 aliphatic rings. The molecule has 0 atom stereocenters. The highest BCUT2D eigenvalue weighted by molar-refractivity contribution is 7.19. The number of rotatable bonds is 4. The molecule has 0 aliphatic heterocycles. The summed E-state index contributed by atoms with van der Waals surface area (Å²) in [6.45, 7) is 2.02. The van der Waals surface area contributed by atoms with Crippen LogP contribution in [0.1, 0.15) is 23.1 Å². The molecular formula is C22H16ClN5OS. The van der Waals surface area contributed by atoms with E-state index in [9.17, 15) is 4.79 Å². The Bertz CT molecular complexity index is 1410. The quantitative estimate of drug-likeness (QED) is 0.407. The first-order chi connectivity index (χ1) is 14.6. The highest BCUT2D eigenvalue weighted by Gasteiger charge is 2.14. The van der Waals surface area contributed by atoms with E-state index in [4.69, 9.17) is 11.6 Å². The van der Waals surface area contributed by atoms with Crippen molar-refractivity contribution >= 4 is 50.3 Å². The van der Waals surface area contributed by atoms with Crippen molar-refractivity contribution < 1.29 is 4.79 Å². The number of anilines is 1. The number of nitrogens with one attached hydrogen (secondary N) is 1. The lowest BCUT2D eigenvalue weighted by Gasteiger charge is -2.09. The number of nitrogens with zero attached hydrogens (tertiary/aromatic N) is 4. The van der Waals surface area contributed by atoms with Gasteiger partial charge in [-0.2, -0.15) is 9.61 Å². The number of aryl methyl sites for hydroxylation is 1. The van der Waals surface area contributed by atoms with Gasteiger partial charge in [0.2, 0.25) is 4.96 Å². The van der Waals surface area contributed by atoms with Gasteiger partial charge < -0.3 is 5.32 Å². The van der Waals surface area contributed by atoms with Gasteiger partial charge in [0.1, 0.15) is 5.01 Å². The van der Waals surface area contributed by atoms with Crippen molar-refractivity contribution in [1.82, 2.24) is 19.8 Å². The van der Waals surface area contributed by atoms with Gasteiger partial charge >= 0.3 is 0 Å². The van der Waals surface area contributed by atoms with Crippen molar-refractivity contribution in [3.05, 3.63) is 77.1 Å². The van der Waals surface area contributed by atoms with E-state index in [1.807, 2.05) is 61.5 Å². The minimum Gasteiger partial charge on any atom is -0.322 e. The fourth-order valence-corrected chi connectivity index (χ4v) is 4.48. The Hall–Kier alpha value is -3.29. The van der Waals surface area contributed by atoms with Crippen LogP contribution in [0.2, 0.25) is 5.02 Å². The maximum atomic E-state index is 13.0. The monoisotopic (exact) mass is 433 g/mol. The number of benzene rings is 3. The van der Waals surface area contributed by atoms with Gasteiger partial charge in [0.15, 0.2) is 5.82 Å². The lowest BCUT2D eigenvalue weighted by atomic mass is 10.0. The molecule has 0 bridgehead atoms. The van der Waals surface area contributed by atoms with Gasteiger partial charge in [-0.15, -0.1) is 10.2 Å². The summed E-state index contributed by atoms with van der Waals surface area (Å²) in [5, 5.41) is 19.0. The zero-order chi connectivity index (χ0) is 20.7. The predicted octanol–water partition coefficient (Wildman–Crippen LogP) is 5.47. The number of carbonyl (C=O) groups excluding carboxylic acids is 1. The van der Waals surface area contributed by atoms with Crippen LogP contribution < -0.4 is 5.32 Å². The average molecular weight is 434 g/mol. The van der Waals surface area contributed by atoms with Gasteiger partial charge in [-0.3, -0.25) is 4.79 Å². The molecule has 6 nitrogen and oxygen atoms in total. The van der Waals surface area contributed by atoms with Crippen LogP contribution in [-0.4, -0.2) is 25.7 Å². The van der Waals surface area contributed by atoms with Crippen molar-refractivity contribution in [3.8, 4) is 10.6 Å². The van der Waals surface area contributed by atoms with Crippen molar-refractivity contribution in [1.29, 1.82) is 0 Å². The number of aromatic nitrogens is 4. The summed E-state index contributed by atoms with van der Waals surface area (Å²) in [7, 11) is 0. The fraction of sp³-hybridized carbons (Fsp3) is 0.0909. The largest absolute Gasteiger partial charge is 0.322 e. The molecule has 1 amide bonds. The minimum absolute atomic E-state index is 0.188. The lowest BCUT2D eigenvalue weighted by molar-refractivity contribution is 0.102. The van der Waals surface area contributed by atoms with Gasteiger partial charge in [-0.25, -0.2) is 0 Å². The van der Waals surface area contributed by atoms with Gasteiger partial charge in [0, 0.05) is 33.6 Å². The topological polar surface area (TPSA) is 72.2 Å². The number of carbonyl (C=O) groups is 1. The summed E-state index contributed by atoms with van der Waals surface area (Å²) < 4.78 is 1.77. The third kappa shape index (κ3) is 3.22. The van der Waals surface area contributed by atoms with E-state index < -0.39 is 0 Å². The van der Waals surface area contributed by atoms with Crippen LogP contribution in [0.4, 0.5) is 5.69 Å². The molecule has 0 saturated carbocycles. The van der Waals surface area contributed by atoms with E-state index in [1.165, 1.54) is 11.3 Å². The van der Waals surface area contributed by atoms with Crippen molar-refractivity contribution in [2.75, 3.05) is 5.32 Å². The molecule has 148 valence electrons. The molecule has 3 aromatic carbocycles. The molecule has 0 radical (unpaired) electrons. The normalized spacial score (nSPS) is 11.3. The second kappa shape index (κ2) is 7.51. The number of halogens is 1. The third-order valence-corrected chi connectivity index (χ3v) is 6.13. The van der Waals surface area contributed by atoms with E-state index in [1.54, 1.807) is 10.6 Å². The highest BCUT2D eigenvalue weighted by Crippen LogP contribution is 2.29. The molecule has 0 spiro atoms. The smallest absolute Gasteiger partial charge is 0.256 e. The maximum absolute atomic E-state index is 13.0. The standard InChI is InChI=1S/C22H16ClN5OS/c1-2-19-25-26-22-28(19)27-21(30-22)13-6-3-7-14(12-13)24-20(29)17-10-4-9-16-15(17)8-5-11-18(16)23/h3-12H,2H2,1H3,(H,24,29). The predicted molar refractivity (Wildman–Crippen MR) is 120 cm³/mol. The molecule has 0 fully saturated rings. The van der Waals surface area contributed by atoms with Crippen LogP contribution in [0.5, 0.6) is 0 Å². The van der Waals surface area contributed by atoms with E-state index in [0.717, 1.165) is 38.5 Å². The van der Waals surface area contributed by atoms with Gasteiger partial charge in [0.25, 0.3) is 5.91 Å². The van der Waals surface area contributed by atoms with Crippen molar-refractivity contribution in [2.45, 2.75) is 13.3 Å². The summed E-state index contributed by atoms with van der Waals surface area (Å²) in [5.74, 6) is 0.637. The number of hydrogen-bond donors (Lipinski definition) is 1. The zero-order valence-electron chi connectivity index (χ0n) is 16.0. The van der Waals surface area contributed by atoms with Gasteiger partial charge in [-0.05, 0) is 29.7 Å². The Morgan fingerprint density at radius 3 is 2.73 bits per heavy atom. The zero-order valence-corrected chi connectivity index (χ0v) is 17.5. The molecule has 5 rings (SSSR count). The van der Waals surface area contributed by atoms with Crippen LogP contribution in [-0.2, 0) is 6.42 Å². The molecule has 30 heavy (non-hydrogen) atoms. The number of hydrogen-bond acceptors (Lipinski definition) is 5. The first-order valence-corrected chi connectivity index (χ1v) is 10.6. The maximum Gasteiger partial charge on any atom is 0.256 e. The highest BCUT2D eigenvalue weighted by atomic mass is 35.5. The summed E-state index contributed by atoms with van der Waals surface area (Å²) in [6, 6.07) is 18.7. The average Bonchev–Trinajstić information content (AvgIpc) is 3.34. The van der Waals surface area contributed by atoms with E-state index >= 15 is 0 Å². The summed E-state index contributed by atoms with van der Waals surface area (Å²) in [6.07, 6.45) is 0.759. The summed E-state index contributed by atoms with van der Waals surface area (Å²) in [5.41, 5.74) is 2.18. The van der Waals surface area contributed by atoms with Crippen LogP contribution in [0.15, 0.2) is 60.7 Å². The molecule has 0 unspecified atom stereocenters. The molecule has 8 heteroatoms. The molecule has 2 aromatic heterocycles.